The number of urea groups is 1. The second kappa shape index (κ2) is 9.25. The van der Waals surface area contributed by atoms with Gasteiger partial charge in [0.2, 0.25) is 0 Å². The molecule has 2 amide bonds. The minimum absolute atomic E-state index is 0.0106. The third kappa shape index (κ3) is 5.98. The molecule has 124 valence electrons. The molecule has 0 bridgehead atoms. The first-order valence-electron chi connectivity index (χ1n) is 8.04. The molecule has 0 spiro atoms. The van der Waals surface area contributed by atoms with Crippen LogP contribution in [0, 0.1) is 6.92 Å². The maximum absolute atomic E-state index is 12.4. The predicted molar refractivity (Wildman–Crippen MR) is 93.5 cm³/mol. The minimum atomic E-state index is -0.0106. The molecule has 0 aliphatic rings. The fourth-order valence-corrected chi connectivity index (χ4v) is 2.94. The van der Waals surface area contributed by atoms with Gasteiger partial charge < -0.3 is 10.2 Å². The molecule has 0 unspecified atom stereocenters. The SMILES string of the molecule is CCCCN(Cc1ccccc1)C(=O)NCCc1nnc(C)s1. The smallest absolute Gasteiger partial charge is 0.317 e. The van der Waals surface area contributed by atoms with E-state index in [9.17, 15) is 4.79 Å². The Balaban J connectivity index is 1.85. The summed E-state index contributed by atoms with van der Waals surface area (Å²) in [5, 5.41) is 13.0. The van der Waals surface area contributed by atoms with Crippen molar-refractivity contribution in [3.63, 3.8) is 0 Å². The van der Waals surface area contributed by atoms with Crippen molar-refractivity contribution < 1.29 is 4.79 Å². The lowest BCUT2D eigenvalue weighted by atomic mass is 10.2. The van der Waals surface area contributed by atoms with Crippen molar-refractivity contribution in [2.24, 2.45) is 0 Å². The third-order valence-electron chi connectivity index (χ3n) is 3.47. The Bertz CT molecular complexity index is 600. The highest BCUT2D eigenvalue weighted by Gasteiger charge is 2.13. The van der Waals surface area contributed by atoms with E-state index in [4.69, 9.17) is 0 Å². The van der Waals surface area contributed by atoms with Gasteiger partial charge in [0.25, 0.3) is 0 Å². The van der Waals surface area contributed by atoms with Crippen LogP contribution in [0.25, 0.3) is 0 Å². The quantitative estimate of drug-likeness (QED) is 0.806. The lowest BCUT2D eigenvalue weighted by Crippen LogP contribution is -2.40. The van der Waals surface area contributed by atoms with Crippen molar-refractivity contribution >= 4 is 17.4 Å². The van der Waals surface area contributed by atoms with Crippen molar-refractivity contribution in [1.29, 1.82) is 0 Å². The molecule has 0 saturated heterocycles. The van der Waals surface area contributed by atoms with Gasteiger partial charge in [-0.1, -0.05) is 43.7 Å². The summed E-state index contributed by atoms with van der Waals surface area (Å²) in [5.41, 5.74) is 1.15. The predicted octanol–water partition coefficient (Wildman–Crippen LogP) is 3.40. The van der Waals surface area contributed by atoms with Crippen LogP contribution in [-0.2, 0) is 13.0 Å². The molecule has 1 aromatic carbocycles. The number of aryl methyl sites for hydroxylation is 1. The summed E-state index contributed by atoms with van der Waals surface area (Å²) in [6.45, 7) is 6.08. The van der Waals surface area contributed by atoms with Gasteiger partial charge in [-0.3, -0.25) is 0 Å². The Morgan fingerprint density at radius 2 is 2.04 bits per heavy atom. The Hall–Kier alpha value is -1.95. The van der Waals surface area contributed by atoms with Gasteiger partial charge in [-0.05, 0) is 18.9 Å². The normalized spacial score (nSPS) is 10.5. The lowest BCUT2D eigenvalue weighted by molar-refractivity contribution is 0.194. The van der Waals surface area contributed by atoms with E-state index in [1.165, 1.54) is 0 Å². The Morgan fingerprint density at radius 3 is 2.70 bits per heavy atom. The van der Waals surface area contributed by atoms with Gasteiger partial charge in [0.1, 0.15) is 10.0 Å². The maximum Gasteiger partial charge on any atom is 0.317 e. The van der Waals surface area contributed by atoms with Gasteiger partial charge in [0.05, 0.1) is 0 Å². The number of benzene rings is 1. The van der Waals surface area contributed by atoms with Crippen molar-refractivity contribution in [2.75, 3.05) is 13.1 Å². The van der Waals surface area contributed by atoms with Crippen LogP contribution in [0.1, 0.15) is 35.3 Å². The van der Waals surface area contributed by atoms with Gasteiger partial charge in [-0.25, -0.2) is 4.79 Å². The molecular formula is C17H24N4OS. The fourth-order valence-electron chi connectivity index (χ4n) is 2.23. The van der Waals surface area contributed by atoms with Crippen LogP contribution in [0.2, 0.25) is 0 Å². The van der Waals surface area contributed by atoms with Crippen LogP contribution in [-0.4, -0.2) is 34.2 Å². The summed E-state index contributed by atoms with van der Waals surface area (Å²) in [5.74, 6) is 0. The lowest BCUT2D eigenvalue weighted by Gasteiger charge is -2.23. The van der Waals surface area contributed by atoms with Crippen molar-refractivity contribution in [3.05, 3.63) is 45.9 Å². The molecule has 0 radical (unpaired) electrons. The molecule has 1 N–H and O–H groups in total. The summed E-state index contributed by atoms with van der Waals surface area (Å²) >= 11 is 1.58. The van der Waals surface area contributed by atoms with Crippen LogP contribution in [0.3, 0.4) is 0 Å². The number of hydrogen-bond donors (Lipinski definition) is 1. The first-order valence-corrected chi connectivity index (χ1v) is 8.86. The van der Waals surface area contributed by atoms with Gasteiger partial charge in [0.15, 0.2) is 0 Å². The molecule has 0 aliphatic carbocycles. The minimum Gasteiger partial charge on any atom is -0.338 e. The van der Waals surface area contributed by atoms with E-state index in [-0.39, 0.29) is 6.03 Å². The zero-order chi connectivity index (χ0) is 16.5. The van der Waals surface area contributed by atoms with E-state index in [1.807, 2.05) is 30.0 Å². The largest absolute Gasteiger partial charge is 0.338 e. The highest BCUT2D eigenvalue weighted by molar-refractivity contribution is 7.11. The van der Waals surface area contributed by atoms with Crippen LogP contribution >= 0.6 is 11.3 Å². The fraction of sp³-hybridized carbons (Fsp3) is 0.471. The van der Waals surface area contributed by atoms with Crippen LogP contribution in [0.4, 0.5) is 4.79 Å². The number of amides is 2. The number of aromatic nitrogens is 2. The highest BCUT2D eigenvalue weighted by atomic mass is 32.1. The van der Waals surface area contributed by atoms with Crippen LogP contribution in [0.5, 0.6) is 0 Å². The van der Waals surface area contributed by atoms with E-state index in [0.717, 1.165) is 41.4 Å². The number of carbonyl (C=O) groups is 1. The summed E-state index contributed by atoms with van der Waals surface area (Å²) in [4.78, 5) is 14.3. The molecule has 23 heavy (non-hydrogen) atoms. The Morgan fingerprint density at radius 1 is 1.26 bits per heavy atom. The van der Waals surface area contributed by atoms with Gasteiger partial charge in [-0.2, -0.15) is 0 Å². The summed E-state index contributed by atoms with van der Waals surface area (Å²) in [7, 11) is 0. The maximum atomic E-state index is 12.4. The van der Waals surface area contributed by atoms with Crippen LogP contribution < -0.4 is 5.32 Å². The topological polar surface area (TPSA) is 58.1 Å². The zero-order valence-electron chi connectivity index (χ0n) is 13.8. The van der Waals surface area contributed by atoms with E-state index in [0.29, 0.717) is 13.1 Å². The van der Waals surface area contributed by atoms with Crippen molar-refractivity contribution in [2.45, 2.75) is 39.7 Å². The van der Waals surface area contributed by atoms with E-state index in [2.05, 4.69) is 34.6 Å². The Labute approximate surface area is 141 Å². The van der Waals surface area contributed by atoms with Crippen molar-refractivity contribution in [3.8, 4) is 0 Å². The number of carbonyl (C=O) groups excluding carboxylic acids is 1. The molecule has 2 aromatic rings. The molecule has 0 fully saturated rings. The molecule has 1 heterocycles. The molecule has 0 atom stereocenters. The average Bonchev–Trinajstić information content (AvgIpc) is 2.97. The number of nitrogens with zero attached hydrogens (tertiary/aromatic N) is 3. The van der Waals surface area contributed by atoms with Crippen molar-refractivity contribution in [1.82, 2.24) is 20.4 Å². The van der Waals surface area contributed by atoms with Gasteiger partial charge >= 0.3 is 6.03 Å². The molecule has 5 nitrogen and oxygen atoms in total. The third-order valence-corrected chi connectivity index (χ3v) is 4.37. The summed E-state index contributed by atoms with van der Waals surface area (Å²) in [6.07, 6.45) is 2.81. The number of hydrogen-bond acceptors (Lipinski definition) is 4. The number of unbranched alkanes of at least 4 members (excludes halogenated alkanes) is 1. The second-order valence-corrected chi connectivity index (χ2v) is 6.72. The number of rotatable bonds is 8. The molecule has 0 aliphatic heterocycles. The van der Waals surface area contributed by atoms with E-state index >= 15 is 0 Å². The monoisotopic (exact) mass is 332 g/mol. The standard InChI is InChI=1S/C17H24N4OS/c1-3-4-12-21(13-15-8-6-5-7-9-15)17(22)18-11-10-16-20-19-14(2)23-16/h5-9H,3-4,10-13H2,1-2H3,(H,18,22). The van der Waals surface area contributed by atoms with Gasteiger partial charge in [-0.15, -0.1) is 21.5 Å². The van der Waals surface area contributed by atoms with E-state index < -0.39 is 0 Å². The molecule has 1 aromatic heterocycles. The van der Waals surface area contributed by atoms with Gasteiger partial charge in [0, 0.05) is 26.1 Å². The highest BCUT2D eigenvalue weighted by Crippen LogP contribution is 2.09. The molecular weight excluding hydrogens is 308 g/mol. The van der Waals surface area contributed by atoms with E-state index in [1.54, 1.807) is 11.3 Å². The molecule has 2 rings (SSSR count). The average molecular weight is 332 g/mol. The summed E-state index contributed by atoms with van der Waals surface area (Å²) in [6, 6.07) is 10.1. The zero-order valence-corrected chi connectivity index (χ0v) is 14.6. The number of nitrogens with one attached hydrogen (secondary N) is 1. The molecule has 6 heteroatoms. The summed E-state index contributed by atoms with van der Waals surface area (Å²) < 4.78 is 0. The first-order chi connectivity index (χ1) is 11.2. The molecule has 0 saturated carbocycles. The van der Waals surface area contributed by atoms with Crippen LogP contribution in [0.15, 0.2) is 30.3 Å². The second-order valence-electron chi connectivity index (χ2n) is 5.46. The first kappa shape index (κ1) is 17.4. The Kier molecular flexibility index (Phi) is 7.00.